The van der Waals surface area contributed by atoms with Crippen LogP contribution in [-0.4, -0.2) is 15.8 Å². The van der Waals surface area contributed by atoms with Crippen molar-refractivity contribution in [3.8, 4) is 0 Å². The van der Waals surface area contributed by atoms with Gasteiger partial charge in [-0.3, -0.25) is 14.9 Å². The standard InChI is InChI=1S/C15H11N3O3/c19-15(11-4-3-6-12-10(11)8-9-16-12)17-13-5-1-2-7-14(13)18(20)21/h1-9,16H,(H,17,19). The van der Waals surface area contributed by atoms with Crippen LogP contribution in [0.4, 0.5) is 11.4 Å². The van der Waals surface area contributed by atoms with Crippen LogP contribution < -0.4 is 5.32 Å². The number of fused-ring (bicyclic) bond motifs is 1. The first-order valence-electron chi connectivity index (χ1n) is 6.27. The van der Waals surface area contributed by atoms with E-state index in [-0.39, 0.29) is 17.3 Å². The van der Waals surface area contributed by atoms with Crippen LogP contribution in [0, 0.1) is 10.1 Å². The average Bonchev–Trinajstić information content (AvgIpc) is 2.95. The topological polar surface area (TPSA) is 88.0 Å². The van der Waals surface area contributed by atoms with Gasteiger partial charge in [0.2, 0.25) is 0 Å². The van der Waals surface area contributed by atoms with E-state index < -0.39 is 4.92 Å². The van der Waals surface area contributed by atoms with Gasteiger partial charge in [0.1, 0.15) is 5.69 Å². The number of amides is 1. The number of anilines is 1. The first-order chi connectivity index (χ1) is 10.2. The number of nitrogens with one attached hydrogen (secondary N) is 2. The molecule has 0 radical (unpaired) electrons. The Balaban J connectivity index is 1.97. The quantitative estimate of drug-likeness (QED) is 0.570. The summed E-state index contributed by atoms with van der Waals surface area (Å²) >= 11 is 0. The Labute approximate surface area is 119 Å². The predicted octanol–water partition coefficient (Wildman–Crippen LogP) is 3.33. The Hall–Kier alpha value is -3.15. The number of rotatable bonds is 3. The summed E-state index contributed by atoms with van der Waals surface area (Å²) in [7, 11) is 0. The van der Waals surface area contributed by atoms with Crippen molar-refractivity contribution in [3.63, 3.8) is 0 Å². The minimum atomic E-state index is -0.521. The number of aromatic amines is 1. The van der Waals surface area contributed by atoms with Crippen LogP contribution in [0.15, 0.2) is 54.7 Å². The molecule has 0 atom stereocenters. The van der Waals surface area contributed by atoms with Crippen LogP contribution in [0.25, 0.3) is 10.9 Å². The first-order valence-corrected chi connectivity index (χ1v) is 6.27. The summed E-state index contributed by atoms with van der Waals surface area (Å²) in [6.45, 7) is 0. The van der Waals surface area contributed by atoms with Gasteiger partial charge in [-0.05, 0) is 24.3 Å². The van der Waals surface area contributed by atoms with E-state index in [1.807, 2.05) is 6.07 Å². The number of nitro groups is 1. The number of nitro benzene ring substituents is 1. The third-order valence-electron chi connectivity index (χ3n) is 3.19. The average molecular weight is 281 g/mol. The summed E-state index contributed by atoms with van der Waals surface area (Å²) in [4.78, 5) is 25.8. The molecule has 21 heavy (non-hydrogen) atoms. The third kappa shape index (κ3) is 2.34. The van der Waals surface area contributed by atoms with E-state index in [9.17, 15) is 14.9 Å². The van der Waals surface area contributed by atoms with Gasteiger partial charge < -0.3 is 10.3 Å². The molecule has 0 unspecified atom stereocenters. The van der Waals surface area contributed by atoms with Crippen molar-refractivity contribution in [2.45, 2.75) is 0 Å². The molecule has 0 bridgehead atoms. The zero-order valence-corrected chi connectivity index (χ0v) is 10.9. The molecular formula is C15H11N3O3. The van der Waals surface area contributed by atoms with Crippen molar-refractivity contribution in [1.82, 2.24) is 4.98 Å². The fourth-order valence-electron chi connectivity index (χ4n) is 2.21. The van der Waals surface area contributed by atoms with Gasteiger partial charge in [0, 0.05) is 28.7 Å². The number of benzene rings is 2. The highest BCUT2D eigenvalue weighted by molar-refractivity contribution is 6.13. The van der Waals surface area contributed by atoms with Crippen LogP contribution in [0.3, 0.4) is 0 Å². The van der Waals surface area contributed by atoms with Gasteiger partial charge in [0.05, 0.1) is 4.92 Å². The highest BCUT2D eigenvalue weighted by atomic mass is 16.6. The predicted molar refractivity (Wildman–Crippen MR) is 79.3 cm³/mol. The van der Waals surface area contributed by atoms with Gasteiger partial charge in [-0.1, -0.05) is 18.2 Å². The Morgan fingerprint density at radius 3 is 2.71 bits per heavy atom. The van der Waals surface area contributed by atoms with E-state index in [0.717, 1.165) is 10.9 Å². The van der Waals surface area contributed by atoms with E-state index in [1.165, 1.54) is 12.1 Å². The molecule has 6 nitrogen and oxygen atoms in total. The van der Waals surface area contributed by atoms with Gasteiger partial charge in [0.15, 0.2) is 0 Å². The molecule has 1 heterocycles. The number of carbonyl (C=O) groups is 1. The lowest BCUT2D eigenvalue weighted by Gasteiger charge is -2.06. The van der Waals surface area contributed by atoms with Crippen LogP contribution in [0.1, 0.15) is 10.4 Å². The Kier molecular flexibility index (Phi) is 3.12. The molecule has 0 aliphatic carbocycles. The fourth-order valence-corrected chi connectivity index (χ4v) is 2.21. The molecule has 3 aromatic rings. The zero-order valence-electron chi connectivity index (χ0n) is 10.9. The summed E-state index contributed by atoms with van der Waals surface area (Å²) in [5.41, 5.74) is 1.35. The molecule has 6 heteroatoms. The second-order valence-corrected chi connectivity index (χ2v) is 4.47. The molecule has 0 saturated heterocycles. The maximum absolute atomic E-state index is 12.4. The number of para-hydroxylation sites is 2. The molecular weight excluding hydrogens is 270 g/mol. The summed E-state index contributed by atoms with van der Waals surface area (Å²) in [5, 5.41) is 14.3. The lowest BCUT2D eigenvalue weighted by atomic mass is 10.1. The molecule has 2 N–H and O–H groups in total. The molecule has 3 rings (SSSR count). The Morgan fingerprint density at radius 1 is 1.10 bits per heavy atom. The first kappa shape index (κ1) is 12.9. The van der Waals surface area contributed by atoms with Crippen molar-refractivity contribution in [1.29, 1.82) is 0 Å². The summed E-state index contributed by atoms with van der Waals surface area (Å²) in [6, 6.07) is 13.1. The highest BCUT2D eigenvalue weighted by Crippen LogP contribution is 2.25. The van der Waals surface area contributed by atoms with E-state index in [2.05, 4.69) is 10.3 Å². The number of aromatic nitrogens is 1. The van der Waals surface area contributed by atoms with Crippen molar-refractivity contribution in [2.24, 2.45) is 0 Å². The molecule has 0 spiro atoms. The van der Waals surface area contributed by atoms with E-state index in [1.54, 1.807) is 36.5 Å². The SMILES string of the molecule is O=C(Nc1ccccc1[N+](=O)[O-])c1cccc2[nH]ccc12. The Bertz CT molecular complexity index is 839. The maximum Gasteiger partial charge on any atom is 0.292 e. The number of hydrogen-bond donors (Lipinski definition) is 2. The molecule has 104 valence electrons. The van der Waals surface area contributed by atoms with Crippen molar-refractivity contribution >= 4 is 28.2 Å². The second kappa shape index (κ2) is 5.09. The Morgan fingerprint density at radius 2 is 1.90 bits per heavy atom. The summed E-state index contributed by atoms with van der Waals surface area (Å²) in [6.07, 6.45) is 1.74. The number of nitrogens with zero attached hydrogens (tertiary/aromatic N) is 1. The molecule has 0 aliphatic rings. The van der Waals surface area contributed by atoms with Crippen LogP contribution in [0.2, 0.25) is 0 Å². The van der Waals surface area contributed by atoms with Crippen molar-refractivity contribution in [2.75, 3.05) is 5.32 Å². The van der Waals surface area contributed by atoms with E-state index in [4.69, 9.17) is 0 Å². The number of carbonyl (C=O) groups excluding carboxylic acids is 1. The third-order valence-corrected chi connectivity index (χ3v) is 3.19. The van der Waals surface area contributed by atoms with E-state index >= 15 is 0 Å². The zero-order chi connectivity index (χ0) is 14.8. The molecule has 1 aromatic heterocycles. The largest absolute Gasteiger partial charge is 0.361 e. The van der Waals surface area contributed by atoms with Gasteiger partial charge in [-0.25, -0.2) is 0 Å². The normalized spacial score (nSPS) is 10.5. The summed E-state index contributed by atoms with van der Waals surface area (Å²) < 4.78 is 0. The number of hydrogen-bond acceptors (Lipinski definition) is 3. The smallest absolute Gasteiger partial charge is 0.292 e. The van der Waals surface area contributed by atoms with Gasteiger partial charge in [-0.15, -0.1) is 0 Å². The molecule has 0 fully saturated rings. The van der Waals surface area contributed by atoms with Crippen LogP contribution in [0.5, 0.6) is 0 Å². The van der Waals surface area contributed by atoms with Crippen molar-refractivity contribution < 1.29 is 9.72 Å². The second-order valence-electron chi connectivity index (χ2n) is 4.47. The summed E-state index contributed by atoms with van der Waals surface area (Å²) in [5.74, 6) is -0.380. The molecule has 0 aliphatic heterocycles. The lowest BCUT2D eigenvalue weighted by Crippen LogP contribution is -2.13. The minimum Gasteiger partial charge on any atom is -0.361 e. The maximum atomic E-state index is 12.4. The monoisotopic (exact) mass is 281 g/mol. The van der Waals surface area contributed by atoms with E-state index in [0.29, 0.717) is 5.56 Å². The lowest BCUT2D eigenvalue weighted by molar-refractivity contribution is -0.383. The van der Waals surface area contributed by atoms with Crippen molar-refractivity contribution in [3.05, 3.63) is 70.4 Å². The highest BCUT2D eigenvalue weighted by Gasteiger charge is 2.17. The van der Waals surface area contributed by atoms with Gasteiger partial charge in [-0.2, -0.15) is 0 Å². The fraction of sp³-hybridized carbons (Fsp3) is 0. The molecule has 2 aromatic carbocycles. The van der Waals surface area contributed by atoms with Gasteiger partial charge in [0.25, 0.3) is 11.6 Å². The van der Waals surface area contributed by atoms with Crippen LogP contribution >= 0.6 is 0 Å². The minimum absolute atomic E-state index is 0.132. The van der Waals surface area contributed by atoms with Crippen LogP contribution in [-0.2, 0) is 0 Å². The number of H-pyrrole nitrogens is 1. The van der Waals surface area contributed by atoms with Gasteiger partial charge >= 0.3 is 0 Å². The molecule has 0 saturated carbocycles. The molecule has 1 amide bonds.